The molecule has 0 amide bonds. The number of aromatic nitrogens is 4. The van der Waals surface area contributed by atoms with Gasteiger partial charge in [-0.05, 0) is 88.5 Å². The molecule has 2 aliphatic carbocycles. The van der Waals surface area contributed by atoms with Crippen LogP contribution in [0.3, 0.4) is 0 Å². The van der Waals surface area contributed by atoms with Gasteiger partial charge < -0.3 is 19.3 Å². The van der Waals surface area contributed by atoms with Crippen LogP contribution < -0.4 is 35.5 Å². The molecule has 18 nitrogen and oxygen atoms in total. The number of anilines is 2. The fourth-order valence-corrected chi connectivity index (χ4v) is 11.7. The number of ether oxygens (including phenoxy) is 2. The number of piperazine rings is 2. The average Bonchev–Trinajstić information content (AvgIpc) is 3.87. The molecule has 0 unspecified atom stereocenters. The van der Waals surface area contributed by atoms with Gasteiger partial charge in [-0.2, -0.15) is 49.3 Å². The van der Waals surface area contributed by atoms with Gasteiger partial charge in [0.15, 0.2) is 0 Å². The van der Waals surface area contributed by atoms with Gasteiger partial charge in [-0.25, -0.2) is 22.7 Å². The van der Waals surface area contributed by atoms with Crippen molar-refractivity contribution in [3.63, 3.8) is 0 Å². The molecule has 5 aliphatic rings. The number of hydrogen-bond acceptors (Lipinski definition) is 12. The van der Waals surface area contributed by atoms with Crippen LogP contribution in [0.1, 0.15) is 77.0 Å². The van der Waals surface area contributed by atoms with Gasteiger partial charge in [0.05, 0.1) is 36.0 Å². The second kappa shape index (κ2) is 21.2. The summed E-state index contributed by atoms with van der Waals surface area (Å²) in [5.74, 6) is -3.16. The fourth-order valence-electron chi connectivity index (χ4n) is 9.35. The van der Waals surface area contributed by atoms with E-state index in [1.807, 2.05) is 9.80 Å². The van der Waals surface area contributed by atoms with Crippen LogP contribution in [-0.4, -0.2) is 127 Å². The lowest BCUT2D eigenvalue weighted by molar-refractivity contribution is 0.152. The minimum absolute atomic E-state index is 0.0286. The second-order valence-corrected chi connectivity index (χ2v) is 21.1. The number of rotatable bonds is 11. The van der Waals surface area contributed by atoms with E-state index >= 15 is 0 Å². The zero-order valence-corrected chi connectivity index (χ0v) is 39.2. The van der Waals surface area contributed by atoms with Gasteiger partial charge in [0.2, 0.25) is 11.5 Å². The fraction of sp³-hybridized carbons (Fsp3) is 0.545. The van der Waals surface area contributed by atoms with Crippen molar-refractivity contribution in [2.45, 2.75) is 89.3 Å². The van der Waals surface area contributed by atoms with Crippen molar-refractivity contribution in [2.24, 2.45) is 5.14 Å². The molecular formula is C44H56F4N10O8S2. The lowest BCUT2D eigenvalue weighted by atomic mass is 9.98. The van der Waals surface area contributed by atoms with Crippen LogP contribution in [0.4, 0.5) is 28.9 Å². The molecule has 24 heteroatoms. The van der Waals surface area contributed by atoms with E-state index in [-0.39, 0.29) is 74.4 Å². The van der Waals surface area contributed by atoms with E-state index < -0.39 is 54.8 Å². The number of benzene rings is 2. The van der Waals surface area contributed by atoms with E-state index in [1.165, 1.54) is 21.0 Å². The summed E-state index contributed by atoms with van der Waals surface area (Å²) in [5, 5.41) is 13.5. The molecule has 0 spiro atoms. The number of nitrogens with two attached hydrogens (primary N) is 1. The van der Waals surface area contributed by atoms with E-state index in [4.69, 9.17) is 14.6 Å². The first-order valence-electron chi connectivity index (χ1n) is 23.1. The molecule has 9 rings (SSSR count). The van der Waals surface area contributed by atoms with Crippen LogP contribution in [0.15, 0.2) is 58.4 Å². The van der Waals surface area contributed by atoms with E-state index in [1.54, 1.807) is 0 Å². The molecule has 370 valence electrons. The molecule has 3 saturated heterocycles. The highest BCUT2D eigenvalue weighted by molar-refractivity contribution is 7.87. The molecule has 5 heterocycles. The summed E-state index contributed by atoms with van der Waals surface area (Å²) >= 11 is 0. The summed E-state index contributed by atoms with van der Waals surface area (Å²) in [6.45, 7) is 3.27. The Bertz CT molecular complexity index is 2730. The van der Waals surface area contributed by atoms with Crippen molar-refractivity contribution in [2.75, 3.05) is 75.2 Å². The minimum Gasteiger partial charge on any atom is -0.483 e. The Kier molecular flexibility index (Phi) is 15.4. The molecule has 2 aromatic heterocycles. The molecule has 0 atom stereocenters. The maximum Gasteiger partial charge on any atom is 0.316 e. The van der Waals surface area contributed by atoms with Gasteiger partial charge in [0.1, 0.15) is 34.6 Å². The molecule has 2 N–H and O–H groups in total. The summed E-state index contributed by atoms with van der Waals surface area (Å²) in [6, 6.07) is 5.58. The quantitative estimate of drug-likeness (QED) is 0.210. The molecular weight excluding hydrogens is 937 g/mol. The Hall–Kier alpha value is -5.14. The first kappa shape index (κ1) is 49.3. The van der Waals surface area contributed by atoms with Gasteiger partial charge in [0, 0.05) is 77.6 Å². The SMILES string of the molecule is NS(=O)(=O)N1CCN(c2cnn(-c3cc(F)cc(F)c3)c(=O)c2OC2CCCCC2)CC1.O=c1c(OC2CCCCC2)c(N2CCN(S(=O)(=O)N3CCCC3)CC2)cnn1-c1cc(F)cc(F)c1. The third-order valence-electron chi connectivity index (χ3n) is 12.9. The maximum atomic E-state index is 13.9. The Balaban J connectivity index is 0.000000185. The molecule has 4 aromatic rings. The molecule has 68 heavy (non-hydrogen) atoms. The zero-order chi connectivity index (χ0) is 48.2. The largest absolute Gasteiger partial charge is 0.483 e. The van der Waals surface area contributed by atoms with Crippen LogP contribution in [-0.2, 0) is 20.4 Å². The van der Waals surface area contributed by atoms with Crippen LogP contribution in [0, 0.1) is 23.3 Å². The third kappa shape index (κ3) is 11.5. The highest BCUT2D eigenvalue weighted by atomic mass is 32.2. The van der Waals surface area contributed by atoms with Gasteiger partial charge in [-0.1, -0.05) is 12.8 Å². The first-order valence-corrected chi connectivity index (χ1v) is 26.0. The van der Waals surface area contributed by atoms with E-state index in [2.05, 4.69) is 10.2 Å². The van der Waals surface area contributed by atoms with Crippen molar-refractivity contribution in [3.05, 3.63) is 92.8 Å². The Morgan fingerprint density at radius 1 is 0.485 bits per heavy atom. The monoisotopic (exact) mass is 992 g/mol. The second-order valence-electron chi connectivity index (χ2n) is 17.6. The van der Waals surface area contributed by atoms with E-state index in [0.717, 1.165) is 121 Å². The first-order chi connectivity index (χ1) is 32.5. The van der Waals surface area contributed by atoms with Crippen molar-refractivity contribution in [1.29, 1.82) is 0 Å². The van der Waals surface area contributed by atoms with Crippen molar-refractivity contribution < 1.29 is 43.9 Å². The maximum absolute atomic E-state index is 13.9. The molecule has 2 aromatic carbocycles. The van der Waals surface area contributed by atoms with E-state index in [0.29, 0.717) is 43.6 Å². The van der Waals surface area contributed by atoms with Gasteiger partial charge in [-0.15, -0.1) is 0 Å². The van der Waals surface area contributed by atoms with E-state index in [9.17, 15) is 44.0 Å². The lowest BCUT2D eigenvalue weighted by Gasteiger charge is -2.37. The Morgan fingerprint density at radius 3 is 1.21 bits per heavy atom. The number of nitrogens with zero attached hydrogens (tertiary/aromatic N) is 9. The van der Waals surface area contributed by atoms with Gasteiger partial charge in [-0.3, -0.25) is 9.59 Å². The van der Waals surface area contributed by atoms with Crippen LogP contribution in [0.25, 0.3) is 11.4 Å². The summed E-state index contributed by atoms with van der Waals surface area (Å²) in [5.41, 5.74) is -0.424. The molecule has 5 fully saturated rings. The zero-order valence-electron chi connectivity index (χ0n) is 37.5. The number of hydrogen-bond donors (Lipinski definition) is 1. The average molecular weight is 993 g/mol. The van der Waals surface area contributed by atoms with Crippen LogP contribution in [0.2, 0.25) is 0 Å². The smallest absolute Gasteiger partial charge is 0.316 e. The predicted molar refractivity (Wildman–Crippen MR) is 245 cm³/mol. The van der Waals surface area contributed by atoms with Crippen molar-refractivity contribution in [3.8, 4) is 22.9 Å². The van der Waals surface area contributed by atoms with Crippen LogP contribution >= 0.6 is 0 Å². The lowest BCUT2D eigenvalue weighted by Crippen LogP contribution is -2.53. The highest BCUT2D eigenvalue weighted by Crippen LogP contribution is 2.32. The molecule has 3 aliphatic heterocycles. The van der Waals surface area contributed by atoms with Gasteiger partial charge in [0.25, 0.3) is 20.4 Å². The normalized spacial score (nSPS) is 19.7. The minimum atomic E-state index is -3.80. The highest BCUT2D eigenvalue weighted by Gasteiger charge is 2.35. The standard InChI is InChI=1S/C24H31F2N5O4S.C20H25F2N5O4S/c25-18-14-19(26)16-20(15-18)31-24(32)23(35-21-6-2-1-3-7-21)22(17-27-31)28-10-12-30(13-11-28)36(33,34)29-8-4-5-9-29;21-14-10-15(22)12-16(11-14)27-20(28)19(31-17-4-2-1-3-5-17)18(13-24-27)25-6-8-26(9-7-25)32(23,29)30/h14-17,21H,1-13H2;10-13,17H,1-9H2,(H2,23,29,30). The number of halogens is 4. The summed E-state index contributed by atoms with van der Waals surface area (Å²) in [6.07, 6.45) is 13.8. The predicted octanol–water partition coefficient (Wildman–Crippen LogP) is 4.23. The third-order valence-corrected chi connectivity index (χ3v) is 16.0. The van der Waals surface area contributed by atoms with Crippen molar-refractivity contribution in [1.82, 2.24) is 32.5 Å². The van der Waals surface area contributed by atoms with Gasteiger partial charge >= 0.3 is 11.1 Å². The van der Waals surface area contributed by atoms with Crippen LogP contribution in [0.5, 0.6) is 11.5 Å². The molecule has 2 saturated carbocycles. The Morgan fingerprint density at radius 2 is 0.838 bits per heavy atom. The molecule has 0 bridgehead atoms. The summed E-state index contributed by atoms with van der Waals surface area (Å²) in [7, 11) is -7.30. The Labute approximate surface area is 392 Å². The van der Waals surface area contributed by atoms with Crippen molar-refractivity contribution >= 4 is 31.8 Å². The molecule has 0 radical (unpaired) electrons. The summed E-state index contributed by atoms with van der Waals surface area (Å²) < 4.78 is 123. The summed E-state index contributed by atoms with van der Waals surface area (Å²) in [4.78, 5) is 30.6. The topological polar surface area (TPSA) is 199 Å².